The lowest BCUT2D eigenvalue weighted by molar-refractivity contribution is 0.0434. The van der Waals surface area contributed by atoms with E-state index in [4.69, 9.17) is 0 Å². The van der Waals surface area contributed by atoms with Gasteiger partial charge in [-0.15, -0.1) is 12.4 Å². The predicted octanol–water partition coefficient (Wildman–Crippen LogP) is 0.644. The van der Waals surface area contributed by atoms with Crippen molar-refractivity contribution in [3.63, 3.8) is 0 Å². The smallest absolute Gasteiger partial charge is 0.0615 e. The van der Waals surface area contributed by atoms with Gasteiger partial charge in [-0.25, -0.2) is 0 Å². The summed E-state index contributed by atoms with van der Waals surface area (Å²) in [5, 5.41) is 12.7. The minimum Gasteiger partial charge on any atom is -0.392 e. The van der Waals surface area contributed by atoms with Crippen LogP contribution in [0.4, 0.5) is 0 Å². The summed E-state index contributed by atoms with van der Waals surface area (Å²) in [7, 11) is 0. The van der Waals surface area contributed by atoms with E-state index >= 15 is 0 Å². The summed E-state index contributed by atoms with van der Waals surface area (Å²) in [6.07, 6.45) is -0.0914. The van der Waals surface area contributed by atoms with E-state index in [1.54, 1.807) is 0 Å². The van der Waals surface area contributed by atoms with Crippen LogP contribution in [0.3, 0.4) is 0 Å². The zero-order chi connectivity index (χ0) is 6.85. The molecule has 2 N–H and O–H groups in total. The first-order valence-electron chi connectivity index (χ1n) is 3.60. The summed E-state index contributed by atoms with van der Waals surface area (Å²) in [6.45, 7) is 6.08. The quantitative estimate of drug-likeness (QED) is 0.553. The summed E-state index contributed by atoms with van der Waals surface area (Å²) in [5.41, 5.74) is 0. The van der Waals surface area contributed by atoms with E-state index in [2.05, 4.69) is 19.2 Å². The highest BCUT2D eigenvalue weighted by atomic mass is 35.5. The molecule has 62 valence electrons. The molecule has 2 atom stereocenters. The van der Waals surface area contributed by atoms with Crippen molar-refractivity contribution >= 4 is 12.4 Å². The fraction of sp³-hybridized carbons (Fsp3) is 1.00. The molecule has 0 aromatic carbocycles. The van der Waals surface area contributed by atoms with Gasteiger partial charge < -0.3 is 10.4 Å². The molecule has 3 heteroatoms. The van der Waals surface area contributed by atoms with Crippen LogP contribution >= 0.6 is 12.4 Å². The average Bonchev–Trinajstić information content (AvgIpc) is 1.83. The minimum atomic E-state index is -0.0914. The molecular weight excluding hydrogens is 150 g/mol. The lowest BCUT2D eigenvalue weighted by Gasteiger charge is -2.30. The number of rotatable bonds is 0. The van der Waals surface area contributed by atoms with Crippen LogP contribution in [0.5, 0.6) is 0 Å². The van der Waals surface area contributed by atoms with Crippen LogP contribution in [-0.4, -0.2) is 24.3 Å². The molecule has 10 heavy (non-hydrogen) atoms. The van der Waals surface area contributed by atoms with E-state index in [1.807, 2.05) is 0 Å². The van der Waals surface area contributed by atoms with Gasteiger partial charge in [-0.1, -0.05) is 13.8 Å². The van der Waals surface area contributed by atoms with Gasteiger partial charge in [-0.2, -0.15) is 0 Å². The molecule has 1 fully saturated rings. The van der Waals surface area contributed by atoms with Crippen molar-refractivity contribution in [1.82, 2.24) is 5.32 Å². The van der Waals surface area contributed by atoms with Gasteiger partial charge in [0, 0.05) is 13.1 Å². The largest absolute Gasteiger partial charge is 0.392 e. The van der Waals surface area contributed by atoms with Crippen LogP contribution in [0.2, 0.25) is 0 Å². The molecule has 0 spiro atoms. The number of hydrogen-bond donors (Lipinski definition) is 2. The summed E-state index contributed by atoms with van der Waals surface area (Å²) in [6, 6.07) is 0. The molecule has 1 rings (SSSR count). The third-order valence-electron chi connectivity index (χ3n) is 2.10. The summed E-state index contributed by atoms with van der Waals surface area (Å²) in [5.74, 6) is 0.850. The molecule has 0 amide bonds. The van der Waals surface area contributed by atoms with Gasteiger partial charge in [-0.3, -0.25) is 0 Å². The molecule has 1 aliphatic heterocycles. The zero-order valence-corrected chi connectivity index (χ0v) is 7.32. The van der Waals surface area contributed by atoms with Crippen molar-refractivity contribution in [2.45, 2.75) is 20.0 Å². The van der Waals surface area contributed by atoms with Gasteiger partial charge >= 0.3 is 0 Å². The Labute approximate surface area is 68.4 Å². The molecule has 0 aliphatic carbocycles. The maximum atomic E-state index is 9.41. The third-order valence-corrected chi connectivity index (χ3v) is 2.10. The van der Waals surface area contributed by atoms with Gasteiger partial charge in [0.2, 0.25) is 0 Å². The van der Waals surface area contributed by atoms with Gasteiger partial charge in [0.05, 0.1) is 6.10 Å². The Morgan fingerprint density at radius 1 is 1.20 bits per heavy atom. The average molecular weight is 166 g/mol. The topological polar surface area (TPSA) is 32.3 Å². The molecule has 1 aliphatic rings. The van der Waals surface area contributed by atoms with Crippen molar-refractivity contribution < 1.29 is 5.11 Å². The fourth-order valence-corrected chi connectivity index (χ4v) is 1.34. The number of piperidine rings is 1. The highest BCUT2D eigenvalue weighted by molar-refractivity contribution is 5.85. The molecular formula is C7H16ClNO. The highest BCUT2D eigenvalue weighted by Gasteiger charge is 2.24. The Morgan fingerprint density at radius 3 is 1.90 bits per heavy atom. The SMILES string of the molecule is CC1CNCC(C)C1O.Cl. The number of aliphatic hydroxyl groups is 1. The van der Waals surface area contributed by atoms with E-state index in [0.717, 1.165) is 13.1 Å². The van der Waals surface area contributed by atoms with Crippen LogP contribution in [0, 0.1) is 11.8 Å². The predicted molar refractivity (Wildman–Crippen MR) is 44.5 cm³/mol. The van der Waals surface area contributed by atoms with E-state index < -0.39 is 0 Å². The van der Waals surface area contributed by atoms with E-state index in [0.29, 0.717) is 11.8 Å². The molecule has 0 radical (unpaired) electrons. The van der Waals surface area contributed by atoms with Crippen molar-refractivity contribution in [3.8, 4) is 0 Å². The Morgan fingerprint density at radius 2 is 1.60 bits per heavy atom. The van der Waals surface area contributed by atoms with E-state index in [9.17, 15) is 5.11 Å². The first kappa shape index (κ1) is 10.2. The van der Waals surface area contributed by atoms with Crippen molar-refractivity contribution in [2.75, 3.05) is 13.1 Å². The molecule has 0 saturated carbocycles. The summed E-state index contributed by atoms with van der Waals surface area (Å²) in [4.78, 5) is 0. The van der Waals surface area contributed by atoms with Gasteiger partial charge in [0.15, 0.2) is 0 Å². The second-order valence-corrected chi connectivity index (χ2v) is 3.10. The molecule has 0 aromatic rings. The lowest BCUT2D eigenvalue weighted by Crippen LogP contribution is -2.44. The highest BCUT2D eigenvalue weighted by Crippen LogP contribution is 2.15. The molecule has 2 unspecified atom stereocenters. The standard InChI is InChI=1S/C7H15NO.ClH/c1-5-3-8-4-6(2)7(5)9;/h5-9H,3-4H2,1-2H3;1H. The van der Waals surface area contributed by atoms with E-state index in [-0.39, 0.29) is 18.5 Å². The first-order chi connectivity index (χ1) is 4.22. The second kappa shape index (κ2) is 4.16. The normalized spacial score (nSPS) is 40.5. The third kappa shape index (κ3) is 2.11. The van der Waals surface area contributed by atoms with Crippen LogP contribution in [0.25, 0.3) is 0 Å². The van der Waals surface area contributed by atoms with Crippen LogP contribution < -0.4 is 5.32 Å². The fourth-order valence-electron chi connectivity index (χ4n) is 1.34. The van der Waals surface area contributed by atoms with Crippen LogP contribution in [0.1, 0.15) is 13.8 Å². The van der Waals surface area contributed by atoms with Crippen LogP contribution in [-0.2, 0) is 0 Å². The Hall–Kier alpha value is 0.210. The molecule has 2 nitrogen and oxygen atoms in total. The first-order valence-corrected chi connectivity index (χ1v) is 3.60. The molecule has 0 aromatic heterocycles. The van der Waals surface area contributed by atoms with Gasteiger partial charge in [0.25, 0.3) is 0 Å². The van der Waals surface area contributed by atoms with Crippen molar-refractivity contribution in [2.24, 2.45) is 11.8 Å². The number of nitrogens with one attached hydrogen (secondary N) is 1. The van der Waals surface area contributed by atoms with E-state index in [1.165, 1.54) is 0 Å². The minimum absolute atomic E-state index is 0. The van der Waals surface area contributed by atoms with Gasteiger partial charge in [-0.05, 0) is 11.8 Å². The van der Waals surface area contributed by atoms with Crippen molar-refractivity contribution in [1.29, 1.82) is 0 Å². The molecule has 1 heterocycles. The lowest BCUT2D eigenvalue weighted by atomic mass is 9.90. The molecule has 0 bridgehead atoms. The zero-order valence-electron chi connectivity index (χ0n) is 6.50. The Bertz CT molecular complexity index is 89.6. The second-order valence-electron chi connectivity index (χ2n) is 3.10. The van der Waals surface area contributed by atoms with Gasteiger partial charge in [0.1, 0.15) is 0 Å². The Kier molecular flexibility index (Phi) is 4.25. The molecule has 1 saturated heterocycles. The number of hydrogen-bond acceptors (Lipinski definition) is 2. The maximum absolute atomic E-state index is 9.41. The van der Waals surface area contributed by atoms with Crippen LogP contribution in [0.15, 0.2) is 0 Å². The number of aliphatic hydroxyl groups excluding tert-OH is 1. The Balaban J connectivity index is 0.000000810. The number of halogens is 1. The monoisotopic (exact) mass is 165 g/mol. The summed E-state index contributed by atoms with van der Waals surface area (Å²) >= 11 is 0. The maximum Gasteiger partial charge on any atom is 0.0615 e. The summed E-state index contributed by atoms with van der Waals surface area (Å²) < 4.78 is 0. The van der Waals surface area contributed by atoms with Crippen molar-refractivity contribution in [3.05, 3.63) is 0 Å².